The lowest BCUT2D eigenvalue weighted by Crippen LogP contribution is -2.30. The highest BCUT2D eigenvalue weighted by molar-refractivity contribution is 5.22. The van der Waals surface area contributed by atoms with Crippen LogP contribution in [-0.4, -0.2) is 37.6 Å². The van der Waals surface area contributed by atoms with Crippen LogP contribution in [0.2, 0.25) is 0 Å². The van der Waals surface area contributed by atoms with Crippen molar-refractivity contribution in [3.8, 4) is 0 Å². The zero-order valence-corrected chi connectivity index (χ0v) is 10.9. The van der Waals surface area contributed by atoms with Crippen molar-refractivity contribution < 1.29 is 0 Å². The summed E-state index contributed by atoms with van der Waals surface area (Å²) in [5, 5.41) is 3.45. The van der Waals surface area contributed by atoms with Gasteiger partial charge >= 0.3 is 0 Å². The molecular formula is C15H24N2. The SMILES string of the molecule is CCc1ccc(CCN2CCCNCC2)cc1. The first-order chi connectivity index (χ1) is 8.38. The number of nitrogens with one attached hydrogen (secondary N) is 1. The fourth-order valence-electron chi connectivity index (χ4n) is 2.35. The Bertz CT molecular complexity index is 310. The second-order valence-electron chi connectivity index (χ2n) is 4.87. The molecular weight excluding hydrogens is 208 g/mol. The van der Waals surface area contributed by atoms with Crippen molar-refractivity contribution in [2.45, 2.75) is 26.2 Å². The standard InChI is InChI=1S/C15H24N2/c1-2-14-4-6-15(7-5-14)8-12-17-11-3-9-16-10-13-17/h4-7,16H,2-3,8-13H2,1H3. The summed E-state index contributed by atoms with van der Waals surface area (Å²) in [6.45, 7) is 8.19. The molecule has 0 amide bonds. The maximum Gasteiger partial charge on any atom is 0.0107 e. The average molecular weight is 232 g/mol. The summed E-state index contributed by atoms with van der Waals surface area (Å²) in [5.74, 6) is 0. The molecule has 94 valence electrons. The van der Waals surface area contributed by atoms with Crippen LogP contribution in [0, 0.1) is 0 Å². The highest BCUT2D eigenvalue weighted by Gasteiger charge is 2.07. The molecule has 0 bridgehead atoms. The maximum atomic E-state index is 3.45. The van der Waals surface area contributed by atoms with Crippen LogP contribution in [0.15, 0.2) is 24.3 Å². The predicted octanol–water partition coefficient (Wildman–Crippen LogP) is 2.09. The van der Waals surface area contributed by atoms with Gasteiger partial charge in [0, 0.05) is 19.6 Å². The molecule has 1 heterocycles. The quantitative estimate of drug-likeness (QED) is 0.855. The van der Waals surface area contributed by atoms with Crippen molar-refractivity contribution in [1.82, 2.24) is 10.2 Å². The van der Waals surface area contributed by atoms with Gasteiger partial charge in [-0.1, -0.05) is 31.2 Å². The molecule has 2 nitrogen and oxygen atoms in total. The molecule has 0 unspecified atom stereocenters. The lowest BCUT2D eigenvalue weighted by atomic mass is 10.1. The lowest BCUT2D eigenvalue weighted by molar-refractivity contribution is 0.296. The van der Waals surface area contributed by atoms with Gasteiger partial charge in [0.1, 0.15) is 0 Å². The molecule has 1 fully saturated rings. The molecule has 1 aliphatic heterocycles. The van der Waals surface area contributed by atoms with Crippen molar-refractivity contribution in [2.24, 2.45) is 0 Å². The summed E-state index contributed by atoms with van der Waals surface area (Å²) < 4.78 is 0. The van der Waals surface area contributed by atoms with Gasteiger partial charge in [-0.3, -0.25) is 0 Å². The molecule has 1 N–H and O–H groups in total. The fourth-order valence-corrected chi connectivity index (χ4v) is 2.35. The Morgan fingerprint density at radius 1 is 1.06 bits per heavy atom. The van der Waals surface area contributed by atoms with Gasteiger partial charge in [0.15, 0.2) is 0 Å². The number of aryl methyl sites for hydroxylation is 1. The molecule has 1 aromatic carbocycles. The van der Waals surface area contributed by atoms with Gasteiger partial charge in [-0.2, -0.15) is 0 Å². The molecule has 0 atom stereocenters. The summed E-state index contributed by atoms with van der Waals surface area (Å²) in [4.78, 5) is 2.58. The number of hydrogen-bond donors (Lipinski definition) is 1. The topological polar surface area (TPSA) is 15.3 Å². The zero-order chi connectivity index (χ0) is 11.9. The Morgan fingerprint density at radius 3 is 2.59 bits per heavy atom. The van der Waals surface area contributed by atoms with Gasteiger partial charge in [-0.15, -0.1) is 0 Å². The van der Waals surface area contributed by atoms with Gasteiger partial charge < -0.3 is 10.2 Å². The van der Waals surface area contributed by atoms with Crippen molar-refractivity contribution in [3.05, 3.63) is 35.4 Å². The molecule has 1 aromatic rings. The van der Waals surface area contributed by atoms with Crippen LogP contribution in [0.3, 0.4) is 0 Å². The van der Waals surface area contributed by atoms with Crippen LogP contribution < -0.4 is 5.32 Å². The summed E-state index contributed by atoms with van der Waals surface area (Å²) in [6.07, 6.45) is 3.61. The largest absolute Gasteiger partial charge is 0.315 e. The zero-order valence-electron chi connectivity index (χ0n) is 10.9. The average Bonchev–Trinajstić information content (AvgIpc) is 2.65. The van der Waals surface area contributed by atoms with Gasteiger partial charge in [0.25, 0.3) is 0 Å². The second kappa shape index (κ2) is 6.77. The number of benzene rings is 1. The minimum atomic E-state index is 1.14. The van der Waals surface area contributed by atoms with Gasteiger partial charge in [0.2, 0.25) is 0 Å². The van der Waals surface area contributed by atoms with E-state index in [9.17, 15) is 0 Å². The highest BCUT2D eigenvalue weighted by atomic mass is 15.1. The van der Waals surface area contributed by atoms with Crippen LogP contribution in [0.1, 0.15) is 24.5 Å². The fraction of sp³-hybridized carbons (Fsp3) is 0.600. The third-order valence-corrected chi connectivity index (χ3v) is 3.58. The van der Waals surface area contributed by atoms with E-state index in [0.29, 0.717) is 0 Å². The molecule has 0 aliphatic carbocycles. The maximum absolute atomic E-state index is 3.45. The van der Waals surface area contributed by atoms with E-state index in [-0.39, 0.29) is 0 Å². The Balaban J connectivity index is 1.79. The van der Waals surface area contributed by atoms with Crippen molar-refractivity contribution in [2.75, 3.05) is 32.7 Å². The lowest BCUT2D eigenvalue weighted by Gasteiger charge is -2.19. The molecule has 2 rings (SSSR count). The molecule has 17 heavy (non-hydrogen) atoms. The third kappa shape index (κ3) is 4.14. The van der Waals surface area contributed by atoms with Gasteiger partial charge in [-0.25, -0.2) is 0 Å². The molecule has 1 aliphatic rings. The summed E-state index contributed by atoms with van der Waals surface area (Å²) in [6, 6.07) is 9.10. The van der Waals surface area contributed by atoms with E-state index in [0.717, 1.165) is 13.0 Å². The smallest absolute Gasteiger partial charge is 0.0107 e. The van der Waals surface area contributed by atoms with Crippen LogP contribution >= 0.6 is 0 Å². The number of rotatable bonds is 4. The van der Waals surface area contributed by atoms with Crippen molar-refractivity contribution in [1.29, 1.82) is 0 Å². The molecule has 0 aromatic heterocycles. The molecule has 0 radical (unpaired) electrons. The minimum Gasteiger partial charge on any atom is -0.315 e. The normalized spacial score (nSPS) is 17.9. The first kappa shape index (κ1) is 12.6. The van der Waals surface area contributed by atoms with Gasteiger partial charge in [0.05, 0.1) is 0 Å². The van der Waals surface area contributed by atoms with Crippen LogP contribution in [0.5, 0.6) is 0 Å². The molecule has 1 saturated heterocycles. The Kier molecular flexibility index (Phi) is 5.02. The van der Waals surface area contributed by atoms with Crippen LogP contribution in [-0.2, 0) is 12.8 Å². The number of hydrogen-bond acceptors (Lipinski definition) is 2. The van der Waals surface area contributed by atoms with E-state index < -0.39 is 0 Å². The highest BCUT2D eigenvalue weighted by Crippen LogP contribution is 2.07. The monoisotopic (exact) mass is 232 g/mol. The number of nitrogens with zero attached hydrogens (tertiary/aromatic N) is 1. The van der Waals surface area contributed by atoms with Crippen molar-refractivity contribution >= 4 is 0 Å². The molecule has 0 saturated carbocycles. The van der Waals surface area contributed by atoms with E-state index in [1.165, 1.54) is 50.1 Å². The second-order valence-corrected chi connectivity index (χ2v) is 4.87. The Hall–Kier alpha value is -0.860. The minimum absolute atomic E-state index is 1.14. The first-order valence-electron chi connectivity index (χ1n) is 6.89. The van der Waals surface area contributed by atoms with Gasteiger partial charge in [-0.05, 0) is 43.5 Å². The Labute approximate surface area is 105 Å². The van der Waals surface area contributed by atoms with Crippen LogP contribution in [0.25, 0.3) is 0 Å². The predicted molar refractivity (Wildman–Crippen MR) is 73.5 cm³/mol. The summed E-state index contributed by atoms with van der Waals surface area (Å²) in [7, 11) is 0. The van der Waals surface area contributed by atoms with E-state index in [1.54, 1.807) is 0 Å². The van der Waals surface area contributed by atoms with Crippen molar-refractivity contribution in [3.63, 3.8) is 0 Å². The first-order valence-corrected chi connectivity index (χ1v) is 6.89. The van der Waals surface area contributed by atoms with Crippen LogP contribution in [0.4, 0.5) is 0 Å². The molecule has 2 heteroatoms. The third-order valence-electron chi connectivity index (χ3n) is 3.58. The Morgan fingerprint density at radius 2 is 1.82 bits per heavy atom. The van der Waals surface area contributed by atoms with E-state index in [1.807, 2.05) is 0 Å². The summed E-state index contributed by atoms with van der Waals surface area (Å²) >= 11 is 0. The van der Waals surface area contributed by atoms with E-state index in [4.69, 9.17) is 0 Å². The summed E-state index contributed by atoms with van der Waals surface area (Å²) in [5.41, 5.74) is 2.91. The van der Waals surface area contributed by atoms with E-state index >= 15 is 0 Å². The van der Waals surface area contributed by atoms with E-state index in [2.05, 4.69) is 41.4 Å². The molecule has 0 spiro atoms.